The van der Waals surface area contributed by atoms with Gasteiger partial charge in [-0.05, 0) is 261 Å². The number of nitrogens with one attached hydrogen (secondary N) is 6. The van der Waals surface area contributed by atoms with E-state index >= 15 is 0 Å². The molecule has 16 heterocycles. The number of aliphatic hydroxyl groups is 6. The summed E-state index contributed by atoms with van der Waals surface area (Å²) in [6.45, 7) is 18.4. The average Bonchev–Trinajstić information content (AvgIpc) is 1.70. The van der Waals surface area contributed by atoms with Gasteiger partial charge in [0.1, 0.15) is 40.3 Å². The predicted octanol–water partition coefficient (Wildman–Crippen LogP) is 15.8. The summed E-state index contributed by atoms with van der Waals surface area (Å²) in [6.07, 6.45) is 15.7. The van der Waals surface area contributed by atoms with E-state index in [1.165, 1.54) is 0 Å². The Morgan fingerprint density at radius 1 is 0.385 bits per heavy atom. The standard InChI is InChI=1S/C27H28N6O4S.C26H24N6O4S.2C26H23N5O3/c1-16(2)15-38(35,36)33-26-30-21-14-19(24-17(3)32-37-18(24)4)13-20(25(21)31-26)27(34,22-9-5-7-11-28-22)23-10-6-8-12-29-23;1-15-23(16(2)36-31-15)17-13-19(24-20(14-17)29-25(30-24)32-37(34,35)18-9-10-18)26(33,21-7-3-5-11-27-21)22-8-4-6-12-28-22;1-15-22(16(2)34-31-15)17-13-18(23-19(14-17)29-24(30-23)25(32)9-10-25)26(33,20-7-3-5-11-27-20)21-8-4-6-12-28-21;1-14-23(15(2)34-31-14)16-11-18(24-19(12-16)29-25(30-24)17-13-20(17)32)26(33,21-7-3-5-9-27-21)22-8-4-6-10-28-22/h5-14,16,34H,15H2,1-4H3,(H2,30,31,33);3-8,11-14,18,33H,9-10H2,1-2H3,(H2,29,30,32);3-8,11-14,32-33H,9-10H2,1-2H3,(H,29,30);3-12,17,20,32-33H,13H2,1-2H3,(H,29,30). The van der Waals surface area contributed by atoms with Gasteiger partial charge in [-0.2, -0.15) is 0 Å². The number of aryl methyl sites for hydroxylation is 8. The van der Waals surface area contributed by atoms with Crippen molar-refractivity contribution in [1.82, 2.24) is 100 Å². The van der Waals surface area contributed by atoms with Crippen molar-refractivity contribution >= 4 is 76.1 Å². The maximum absolute atomic E-state index is 12.7. The van der Waals surface area contributed by atoms with Crippen LogP contribution in [0.5, 0.6) is 0 Å². The molecule has 2 unspecified atom stereocenters. The van der Waals surface area contributed by atoms with Crippen molar-refractivity contribution < 1.29 is 65.6 Å². The fraction of sp³-hybridized carbons (Fsp3) is 0.238. The van der Waals surface area contributed by atoms with Crippen molar-refractivity contribution in [3.63, 3.8) is 0 Å². The van der Waals surface area contributed by atoms with E-state index < -0.39 is 59.4 Å². The summed E-state index contributed by atoms with van der Waals surface area (Å²) in [5.41, 5.74) is 10.3. The number of pyridine rings is 8. The Morgan fingerprint density at radius 2 is 0.657 bits per heavy atom. The number of hydrogen-bond acceptors (Lipinski definition) is 30. The minimum absolute atomic E-state index is 0.0412. The van der Waals surface area contributed by atoms with Crippen LogP contribution >= 0.6 is 0 Å². The highest BCUT2D eigenvalue weighted by Gasteiger charge is 2.49. The Labute approximate surface area is 818 Å². The van der Waals surface area contributed by atoms with Gasteiger partial charge in [0.15, 0.2) is 22.4 Å². The summed E-state index contributed by atoms with van der Waals surface area (Å²) in [7, 11) is -7.22. The number of imidazole rings is 4. The molecule has 2 atom stereocenters. The van der Waals surface area contributed by atoms with Crippen LogP contribution in [0.3, 0.4) is 0 Å². The second-order valence-electron chi connectivity index (χ2n) is 36.5. The number of aromatic nitrogens is 20. The highest BCUT2D eigenvalue weighted by atomic mass is 32.2. The zero-order chi connectivity index (χ0) is 99.8. The van der Waals surface area contributed by atoms with Gasteiger partial charge in [-0.1, -0.05) is 83.0 Å². The molecule has 38 heteroatoms. The first-order chi connectivity index (χ1) is 68.7. The number of hydrogen-bond donors (Lipinski definition) is 12. The molecule has 4 aromatic carbocycles. The Balaban J connectivity index is 0.000000117. The number of rotatable bonds is 25. The Morgan fingerprint density at radius 3 is 0.909 bits per heavy atom. The molecular formula is C105H98N22O14S2. The minimum atomic E-state index is -3.66. The lowest BCUT2D eigenvalue weighted by Crippen LogP contribution is -2.31. The number of aromatic amines is 4. The molecule has 143 heavy (non-hydrogen) atoms. The molecule has 0 radical (unpaired) electrons. The lowest BCUT2D eigenvalue weighted by Gasteiger charge is -2.28. The van der Waals surface area contributed by atoms with Crippen molar-refractivity contribution in [2.24, 2.45) is 5.92 Å². The number of H-pyrrole nitrogens is 4. The molecule has 3 aliphatic rings. The molecule has 724 valence electrons. The third kappa shape index (κ3) is 17.9. The maximum Gasteiger partial charge on any atom is 0.237 e. The molecular weight excluding hydrogens is 1860 g/mol. The average molecular weight is 1960 g/mol. The van der Waals surface area contributed by atoms with Crippen LogP contribution in [-0.2, 0) is 48.1 Å². The first-order valence-corrected chi connectivity index (χ1v) is 49.5. The fourth-order valence-electron chi connectivity index (χ4n) is 18.5. The summed E-state index contributed by atoms with van der Waals surface area (Å²) in [4.78, 5) is 67.5. The predicted molar refractivity (Wildman–Crippen MR) is 531 cm³/mol. The van der Waals surface area contributed by atoms with E-state index in [-0.39, 0.29) is 29.5 Å². The molecule has 12 N–H and O–H groups in total. The topological polar surface area (TPSA) is 536 Å². The summed E-state index contributed by atoms with van der Waals surface area (Å²) >= 11 is 0. The zero-order valence-corrected chi connectivity index (χ0v) is 80.7. The Hall–Kier alpha value is -15.9. The SMILES string of the molecule is Cc1noc(C)c1-c1cc(C(O)(c2ccccn2)c2ccccn2)c2nc(C3(O)CC3)[nH]c2c1.Cc1noc(C)c1-c1cc(C(O)(c2ccccn2)c2ccccn2)c2nc(C3CC3O)[nH]c2c1.Cc1noc(C)c1-c1cc(C(O)(c2ccccn2)c2ccccn2)c2nc(NS(=O)(=O)C3CC3)[nH]c2c1.Cc1noc(C)c1-c1cc(C(O)(c2ccccn2)c2ccccn2)c2nc(NS(=O)(=O)CC(C)C)[nH]c2c1. The van der Waals surface area contributed by atoms with Crippen LogP contribution in [-0.4, -0.2) is 165 Å². The van der Waals surface area contributed by atoms with Gasteiger partial charge in [-0.3, -0.25) is 49.3 Å². The molecule has 23 rings (SSSR count). The van der Waals surface area contributed by atoms with Gasteiger partial charge in [0.25, 0.3) is 0 Å². The van der Waals surface area contributed by atoms with E-state index in [0.717, 1.165) is 50.3 Å². The second kappa shape index (κ2) is 37.3. The minimum Gasteiger partial charge on any atom is -0.392 e. The molecule has 16 aromatic heterocycles. The van der Waals surface area contributed by atoms with Crippen molar-refractivity contribution in [1.29, 1.82) is 0 Å². The number of nitrogens with zero attached hydrogens (tertiary/aromatic N) is 16. The van der Waals surface area contributed by atoms with Crippen LogP contribution in [0, 0.1) is 61.3 Å². The molecule has 20 aromatic rings. The molecule has 3 fully saturated rings. The Bertz CT molecular complexity index is 8110. The molecule has 3 aliphatic carbocycles. The maximum atomic E-state index is 12.7. The molecule has 3 saturated carbocycles. The van der Waals surface area contributed by atoms with Gasteiger partial charge in [0.2, 0.25) is 31.9 Å². The quantitative estimate of drug-likeness (QED) is 0.0253. The fourth-order valence-corrected chi connectivity index (χ4v) is 21.2. The Kier molecular flexibility index (Phi) is 24.7. The van der Waals surface area contributed by atoms with Gasteiger partial charge < -0.3 is 68.7 Å². The van der Waals surface area contributed by atoms with Crippen LogP contribution in [0.25, 0.3) is 88.6 Å². The summed E-state index contributed by atoms with van der Waals surface area (Å²) in [5, 5.41) is 86.6. The van der Waals surface area contributed by atoms with Crippen LogP contribution in [0.4, 0.5) is 11.9 Å². The number of aliphatic hydroxyl groups excluding tert-OH is 1. The summed E-state index contributed by atoms with van der Waals surface area (Å²) < 4.78 is 77.4. The van der Waals surface area contributed by atoms with E-state index in [0.29, 0.717) is 196 Å². The van der Waals surface area contributed by atoms with E-state index in [9.17, 15) is 47.5 Å². The van der Waals surface area contributed by atoms with Crippen molar-refractivity contribution in [2.45, 2.75) is 147 Å². The highest BCUT2D eigenvalue weighted by molar-refractivity contribution is 7.93. The first-order valence-electron chi connectivity index (χ1n) is 46.3. The van der Waals surface area contributed by atoms with Gasteiger partial charge in [-0.25, -0.2) is 36.8 Å². The van der Waals surface area contributed by atoms with Crippen LogP contribution in [0.2, 0.25) is 0 Å². The molecule has 0 bridgehead atoms. The zero-order valence-electron chi connectivity index (χ0n) is 79.1. The van der Waals surface area contributed by atoms with E-state index in [2.05, 4.69) is 99.8 Å². The normalized spacial score (nSPS) is 14.8. The van der Waals surface area contributed by atoms with E-state index in [1.54, 1.807) is 190 Å². The smallest absolute Gasteiger partial charge is 0.237 e. The van der Waals surface area contributed by atoms with Crippen molar-refractivity contribution in [3.05, 3.63) is 369 Å². The molecule has 0 spiro atoms. The van der Waals surface area contributed by atoms with Gasteiger partial charge in [0.05, 0.1) is 130 Å². The summed E-state index contributed by atoms with van der Waals surface area (Å²) in [6, 6.07) is 57.6. The van der Waals surface area contributed by atoms with Crippen LogP contribution < -0.4 is 9.44 Å². The van der Waals surface area contributed by atoms with Gasteiger partial charge >= 0.3 is 0 Å². The molecule has 0 amide bonds. The largest absolute Gasteiger partial charge is 0.392 e. The van der Waals surface area contributed by atoms with Crippen LogP contribution in [0.15, 0.2) is 262 Å². The first kappa shape index (κ1) is 94.6. The van der Waals surface area contributed by atoms with Crippen molar-refractivity contribution in [2.75, 3.05) is 15.2 Å². The number of benzene rings is 4. The molecule has 0 saturated heterocycles. The lowest BCUT2D eigenvalue weighted by atomic mass is 9.83. The highest BCUT2D eigenvalue weighted by Crippen LogP contribution is 2.51. The lowest BCUT2D eigenvalue weighted by molar-refractivity contribution is 0.117. The third-order valence-electron chi connectivity index (χ3n) is 25.8. The molecule has 0 aliphatic heterocycles. The van der Waals surface area contributed by atoms with Crippen molar-refractivity contribution in [3.8, 4) is 44.5 Å². The number of fused-ring (bicyclic) bond motifs is 4. The van der Waals surface area contributed by atoms with Gasteiger partial charge in [-0.15, -0.1) is 0 Å². The number of anilines is 2. The van der Waals surface area contributed by atoms with Gasteiger partial charge in [0, 0.05) is 100 Å². The van der Waals surface area contributed by atoms with E-state index in [1.807, 2.05) is 123 Å². The summed E-state index contributed by atoms with van der Waals surface area (Å²) in [5.74, 6) is 3.69. The number of sulfonamides is 2. The van der Waals surface area contributed by atoms with Crippen LogP contribution in [0.1, 0.15) is 177 Å². The monoisotopic (exact) mass is 1950 g/mol. The van der Waals surface area contributed by atoms with E-state index in [4.69, 9.17) is 28.1 Å². The second-order valence-corrected chi connectivity index (χ2v) is 40.2. The third-order valence-corrected chi connectivity index (χ3v) is 29.2. The molecule has 36 nitrogen and oxygen atoms in total.